The van der Waals surface area contributed by atoms with Crippen LogP contribution in [0.25, 0.3) is 28.8 Å². The molecule has 1 aliphatic heterocycles. The quantitative estimate of drug-likeness (QED) is 0.447. The summed E-state index contributed by atoms with van der Waals surface area (Å²) in [5.74, 6) is 1.12. The third kappa shape index (κ3) is 3.24. The predicted molar refractivity (Wildman–Crippen MR) is 132 cm³/mol. The van der Waals surface area contributed by atoms with Gasteiger partial charge in [0, 0.05) is 12.1 Å². The van der Waals surface area contributed by atoms with Gasteiger partial charge in [-0.05, 0) is 57.1 Å². The fourth-order valence-corrected chi connectivity index (χ4v) is 4.89. The second-order valence-corrected chi connectivity index (χ2v) is 8.63. The summed E-state index contributed by atoms with van der Waals surface area (Å²) >= 11 is 0. The van der Waals surface area contributed by atoms with Crippen molar-refractivity contribution in [1.29, 1.82) is 5.26 Å². The van der Waals surface area contributed by atoms with E-state index in [0.717, 1.165) is 58.6 Å². The van der Waals surface area contributed by atoms with Crippen molar-refractivity contribution >= 4 is 34.7 Å². The Hall–Kier alpha value is -3.62. The molecule has 0 radical (unpaired) electrons. The molecule has 1 fully saturated rings. The monoisotopic (exact) mass is 421 g/mol. The van der Waals surface area contributed by atoms with Crippen molar-refractivity contribution in [2.24, 2.45) is 0 Å². The highest BCUT2D eigenvalue weighted by atomic mass is 15.4. The molecule has 0 bridgehead atoms. The molecule has 1 unspecified atom stereocenters. The van der Waals surface area contributed by atoms with Crippen LogP contribution in [0.15, 0.2) is 54.6 Å². The zero-order valence-corrected chi connectivity index (χ0v) is 18.8. The van der Waals surface area contributed by atoms with Gasteiger partial charge in [0.2, 0.25) is 0 Å². The molecule has 5 nitrogen and oxygen atoms in total. The van der Waals surface area contributed by atoms with E-state index in [0.29, 0.717) is 11.7 Å². The summed E-state index contributed by atoms with van der Waals surface area (Å²) in [5, 5.41) is 10.1. The molecule has 0 N–H and O–H groups in total. The number of hydrogen-bond acceptors (Lipinski definition) is 4. The third-order valence-corrected chi connectivity index (χ3v) is 6.46. The lowest BCUT2D eigenvalue weighted by Crippen LogP contribution is -2.41. The Balaban J connectivity index is 1.86. The van der Waals surface area contributed by atoms with E-state index >= 15 is 0 Å². The van der Waals surface area contributed by atoms with Crippen molar-refractivity contribution < 1.29 is 0 Å². The third-order valence-electron chi connectivity index (χ3n) is 6.46. The molecule has 5 rings (SSSR count). The molecule has 4 aromatic rings. The molecule has 0 saturated carbocycles. The number of fused-ring (bicyclic) bond motifs is 3. The highest BCUT2D eigenvalue weighted by Gasteiger charge is 2.31. The van der Waals surface area contributed by atoms with Crippen LogP contribution in [-0.2, 0) is 0 Å². The number of nitrogens with zero attached hydrogens (tertiary/aromatic N) is 5. The summed E-state index contributed by atoms with van der Waals surface area (Å²) in [5.41, 5.74) is 6.51. The highest BCUT2D eigenvalue weighted by Crippen LogP contribution is 2.37. The summed E-state index contributed by atoms with van der Waals surface area (Å²) in [4.78, 5) is 9.66. The van der Waals surface area contributed by atoms with E-state index in [2.05, 4.69) is 64.7 Å². The lowest BCUT2D eigenvalue weighted by molar-refractivity contribution is 0.300. The highest BCUT2D eigenvalue weighted by molar-refractivity contribution is 5.90. The molecule has 3 heterocycles. The van der Waals surface area contributed by atoms with Crippen LogP contribution in [0.3, 0.4) is 0 Å². The summed E-state index contributed by atoms with van der Waals surface area (Å²) < 4.78 is 2.20. The predicted octanol–water partition coefficient (Wildman–Crippen LogP) is 5.33. The van der Waals surface area contributed by atoms with Crippen LogP contribution < -0.4 is 4.90 Å². The Kier molecular flexibility index (Phi) is 5.16. The fourth-order valence-electron chi connectivity index (χ4n) is 4.89. The van der Waals surface area contributed by atoms with Gasteiger partial charge in [-0.15, -0.1) is 0 Å². The Morgan fingerprint density at radius 3 is 2.56 bits per heavy atom. The van der Waals surface area contributed by atoms with Gasteiger partial charge in [0.25, 0.3) is 0 Å². The molecule has 1 aliphatic rings. The topological polar surface area (TPSA) is 47.6 Å². The SMILES string of the molecule is Cc1c(/C=C/c2ccccc2)c(N2CCCC2N(C)C)n2c(nc3ccccc32)c1C#N. The number of para-hydroxylation sites is 2. The van der Waals surface area contributed by atoms with Crippen molar-refractivity contribution in [3.63, 3.8) is 0 Å². The van der Waals surface area contributed by atoms with Gasteiger partial charge in [-0.1, -0.05) is 54.6 Å². The zero-order valence-electron chi connectivity index (χ0n) is 18.8. The normalized spacial score (nSPS) is 16.6. The van der Waals surface area contributed by atoms with Crippen LogP contribution in [0.2, 0.25) is 0 Å². The molecule has 0 amide bonds. The molecule has 1 saturated heterocycles. The summed E-state index contributed by atoms with van der Waals surface area (Å²) in [7, 11) is 4.28. The molecular formula is C27H27N5. The minimum Gasteiger partial charge on any atom is -0.341 e. The van der Waals surface area contributed by atoms with Crippen LogP contribution in [0, 0.1) is 18.3 Å². The molecular weight excluding hydrogens is 394 g/mol. The van der Waals surface area contributed by atoms with Crippen LogP contribution in [0.4, 0.5) is 5.82 Å². The first kappa shape index (κ1) is 20.3. The Bertz CT molecular complexity index is 1360. The van der Waals surface area contributed by atoms with Gasteiger partial charge in [0.05, 0.1) is 22.8 Å². The number of benzene rings is 2. The van der Waals surface area contributed by atoms with E-state index in [1.54, 1.807) is 0 Å². The number of rotatable bonds is 4. The fraction of sp³-hybridized carbons (Fsp3) is 0.259. The molecule has 32 heavy (non-hydrogen) atoms. The van der Waals surface area contributed by atoms with Gasteiger partial charge in [0.15, 0.2) is 5.65 Å². The molecule has 160 valence electrons. The number of nitriles is 1. The Morgan fingerprint density at radius 2 is 1.81 bits per heavy atom. The molecule has 2 aromatic heterocycles. The van der Waals surface area contributed by atoms with E-state index in [4.69, 9.17) is 4.98 Å². The molecule has 0 aliphatic carbocycles. The van der Waals surface area contributed by atoms with Gasteiger partial charge >= 0.3 is 0 Å². The first-order chi connectivity index (χ1) is 15.6. The van der Waals surface area contributed by atoms with E-state index in [9.17, 15) is 5.26 Å². The average Bonchev–Trinajstić information content (AvgIpc) is 3.43. The van der Waals surface area contributed by atoms with E-state index in [1.807, 2.05) is 43.3 Å². The second-order valence-electron chi connectivity index (χ2n) is 8.63. The van der Waals surface area contributed by atoms with Gasteiger partial charge in [-0.3, -0.25) is 9.30 Å². The maximum Gasteiger partial charge on any atom is 0.157 e. The van der Waals surface area contributed by atoms with Gasteiger partial charge in [-0.25, -0.2) is 4.98 Å². The van der Waals surface area contributed by atoms with Crippen molar-refractivity contribution in [3.05, 3.63) is 76.9 Å². The van der Waals surface area contributed by atoms with Gasteiger partial charge in [-0.2, -0.15) is 5.26 Å². The number of pyridine rings is 1. The van der Waals surface area contributed by atoms with Crippen LogP contribution in [-0.4, -0.2) is 41.1 Å². The second kappa shape index (κ2) is 8.14. The standard InChI is InChI=1S/C27H27N5/c1-19-21(16-15-20-10-5-4-6-11-20)27(31-17-9-14-25(31)30(2)3)32-24-13-8-7-12-23(24)29-26(32)22(19)18-28/h4-8,10-13,15-16,25H,9,14,17H2,1-3H3/b16-15+. The Morgan fingerprint density at radius 1 is 1.06 bits per heavy atom. The lowest BCUT2D eigenvalue weighted by Gasteiger charge is -2.34. The minimum atomic E-state index is 0.301. The van der Waals surface area contributed by atoms with Gasteiger partial charge in [0.1, 0.15) is 11.9 Å². The molecule has 0 spiro atoms. The molecule has 2 aromatic carbocycles. The summed E-state index contributed by atoms with van der Waals surface area (Å²) in [6.45, 7) is 3.02. The maximum atomic E-state index is 10.1. The number of hydrogen-bond donors (Lipinski definition) is 0. The van der Waals surface area contributed by atoms with Gasteiger partial charge < -0.3 is 4.90 Å². The zero-order chi connectivity index (χ0) is 22.2. The number of anilines is 1. The molecule has 1 atom stereocenters. The maximum absolute atomic E-state index is 10.1. The van der Waals surface area contributed by atoms with Crippen LogP contribution in [0.1, 0.15) is 35.1 Å². The van der Waals surface area contributed by atoms with Crippen LogP contribution >= 0.6 is 0 Å². The smallest absolute Gasteiger partial charge is 0.157 e. The Labute approximate surface area is 188 Å². The first-order valence-electron chi connectivity index (χ1n) is 11.1. The lowest BCUT2D eigenvalue weighted by atomic mass is 10.0. The van der Waals surface area contributed by atoms with Crippen molar-refractivity contribution in [1.82, 2.24) is 14.3 Å². The summed E-state index contributed by atoms with van der Waals surface area (Å²) in [6, 6.07) is 20.9. The molecule has 5 heteroatoms. The van der Waals surface area contributed by atoms with E-state index in [-0.39, 0.29) is 0 Å². The first-order valence-corrected chi connectivity index (χ1v) is 11.1. The average molecular weight is 422 g/mol. The van der Waals surface area contributed by atoms with Crippen molar-refractivity contribution in [3.8, 4) is 6.07 Å². The largest absolute Gasteiger partial charge is 0.341 e. The minimum absolute atomic E-state index is 0.301. The number of aromatic nitrogens is 2. The number of imidazole rings is 1. The van der Waals surface area contributed by atoms with Crippen molar-refractivity contribution in [2.75, 3.05) is 25.5 Å². The van der Waals surface area contributed by atoms with E-state index < -0.39 is 0 Å². The van der Waals surface area contributed by atoms with E-state index in [1.165, 1.54) is 0 Å². The van der Waals surface area contributed by atoms with Crippen molar-refractivity contribution in [2.45, 2.75) is 25.9 Å². The summed E-state index contributed by atoms with van der Waals surface area (Å²) in [6.07, 6.45) is 6.86. The van der Waals surface area contributed by atoms with Crippen LogP contribution in [0.5, 0.6) is 0 Å².